The van der Waals surface area contributed by atoms with Gasteiger partial charge < -0.3 is 5.32 Å². The van der Waals surface area contributed by atoms with Crippen LogP contribution in [0.5, 0.6) is 0 Å². The van der Waals surface area contributed by atoms with Crippen molar-refractivity contribution in [1.29, 1.82) is 0 Å². The molecule has 0 saturated carbocycles. The molecular weight excluding hydrogens is 340 g/mol. The average Bonchev–Trinajstić information content (AvgIpc) is 2.73. The topological polar surface area (TPSA) is 83.6 Å². The lowest BCUT2D eigenvalue weighted by molar-refractivity contribution is -0.118. The molecule has 1 N–H and O–H groups in total. The van der Waals surface area contributed by atoms with E-state index in [1.165, 1.54) is 19.1 Å². The van der Waals surface area contributed by atoms with Crippen LogP contribution in [0.3, 0.4) is 0 Å². The van der Waals surface area contributed by atoms with Gasteiger partial charge >= 0.3 is 0 Å². The molecule has 1 aliphatic rings. The van der Waals surface area contributed by atoms with Crippen molar-refractivity contribution < 1.29 is 18.0 Å². The van der Waals surface area contributed by atoms with Crippen molar-refractivity contribution in [2.75, 3.05) is 5.32 Å². The fraction of sp³-hybridized carbons (Fsp3) is 0.222. The number of hydrogen-bond acceptors (Lipinski definition) is 4. The van der Waals surface area contributed by atoms with Crippen LogP contribution in [-0.4, -0.2) is 30.6 Å². The Kier molecular flexibility index (Phi) is 4.12. The molecule has 25 heavy (non-hydrogen) atoms. The third kappa shape index (κ3) is 2.91. The van der Waals surface area contributed by atoms with Crippen molar-refractivity contribution in [3.05, 3.63) is 59.2 Å². The van der Waals surface area contributed by atoms with Gasteiger partial charge in [0.15, 0.2) is 0 Å². The van der Waals surface area contributed by atoms with Crippen LogP contribution in [0.25, 0.3) is 0 Å². The Morgan fingerprint density at radius 2 is 1.68 bits per heavy atom. The van der Waals surface area contributed by atoms with E-state index in [2.05, 4.69) is 5.32 Å². The Hall–Kier alpha value is -2.67. The Balaban J connectivity index is 1.89. The molecule has 0 spiro atoms. The van der Waals surface area contributed by atoms with Gasteiger partial charge in [-0.2, -0.15) is 0 Å². The van der Waals surface area contributed by atoms with Gasteiger partial charge in [-0.25, -0.2) is 12.7 Å². The number of carbonyl (C=O) groups is 2. The molecule has 3 rings (SSSR count). The number of anilines is 1. The summed E-state index contributed by atoms with van der Waals surface area (Å²) in [4.78, 5) is 25.0. The summed E-state index contributed by atoms with van der Waals surface area (Å²) in [6.45, 7) is 5.20. The standard InChI is InChI=1S/C18H18N2O4S/c1-11-8-12(2)10-14(9-11)19-17(21)13(3)20-18(22)15-6-4-5-7-16(15)25(20,23)24/h4-10,13H,1-3H3,(H,19,21)/t13-/m1/s1. The van der Waals surface area contributed by atoms with Crippen LogP contribution < -0.4 is 5.32 Å². The van der Waals surface area contributed by atoms with E-state index >= 15 is 0 Å². The highest BCUT2D eigenvalue weighted by Crippen LogP contribution is 2.31. The van der Waals surface area contributed by atoms with E-state index in [1.54, 1.807) is 24.3 Å². The number of nitrogens with one attached hydrogen (secondary N) is 1. The molecule has 2 aromatic carbocycles. The van der Waals surface area contributed by atoms with Gasteiger partial charge in [0, 0.05) is 5.69 Å². The lowest BCUT2D eigenvalue weighted by Crippen LogP contribution is -2.45. The zero-order valence-corrected chi connectivity index (χ0v) is 14.9. The number of benzene rings is 2. The molecule has 0 fully saturated rings. The molecule has 0 bridgehead atoms. The third-order valence-corrected chi connectivity index (χ3v) is 5.99. The van der Waals surface area contributed by atoms with Gasteiger partial charge in [-0.1, -0.05) is 18.2 Å². The SMILES string of the molecule is Cc1cc(C)cc(NC(=O)[C@@H](C)N2C(=O)c3ccccc3S2(=O)=O)c1. The van der Waals surface area contributed by atoms with Gasteiger partial charge in [0.2, 0.25) is 5.91 Å². The molecule has 1 aliphatic heterocycles. The highest BCUT2D eigenvalue weighted by atomic mass is 32.2. The predicted molar refractivity (Wildman–Crippen MR) is 93.8 cm³/mol. The van der Waals surface area contributed by atoms with Crippen molar-refractivity contribution >= 4 is 27.5 Å². The fourth-order valence-electron chi connectivity index (χ4n) is 2.99. The molecule has 0 unspecified atom stereocenters. The molecule has 2 amide bonds. The maximum Gasteiger partial charge on any atom is 0.269 e. The van der Waals surface area contributed by atoms with Crippen molar-refractivity contribution in [2.45, 2.75) is 31.7 Å². The minimum atomic E-state index is -4.03. The van der Waals surface area contributed by atoms with E-state index < -0.39 is 27.9 Å². The lowest BCUT2D eigenvalue weighted by atomic mass is 10.1. The molecule has 7 heteroatoms. The molecule has 0 aromatic heterocycles. The van der Waals surface area contributed by atoms with Crippen LogP contribution in [0.4, 0.5) is 5.69 Å². The molecule has 0 saturated heterocycles. The highest BCUT2D eigenvalue weighted by molar-refractivity contribution is 7.90. The van der Waals surface area contributed by atoms with Crippen molar-refractivity contribution in [1.82, 2.24) is 4.31 Å². The Morgan fingerprint density at radius 1 is 1.08 bits per heavy atom. The largest absolute Gasteiger partial charge is 0.324 e. The second-order valence-electron chi connectivity index (χ2n) is 6.14. The molecular formula is C18H18N2O4S. The third-order valence-electron chi connectivity index (χ3n) is 4.07. The van der Waals surface area contributed by atoms with E-state index in [4.69, 9.17) is 0 Å². The van der Waals surface area contributed by atoms with Gasteiger partial charge in [0.05, 0.1) is 5.56 Å². The number of hydrogen-bond donors (Lipinski definition) is 1. The number of aryl methyl sites for hydroxylation is 2. The molecule has 130 valence electrons. The smallest absolute Gasteiger partial charge is 0.269 e. The van der Waals surface area contributed by atoms with Crippen LogP contribution in [0, 0.1) is 13.8 Å². The van der Waals surface area contributed by atoms with Crippen LogP contribution in [0.15, 0.2) is 47.4 Å². The van der Waals surface area contributed by atoms with Gasteiger partial charge in [-0.3, -0.25) is 9.59 Å². The first-order valence-corrected chi connectivity index (χ1v) is 9.23. The number of carbonyl (C=O) groups excluding carboxylic acids is 2. The van der Waals surface area contributed by atoms with Crippen molar-refractivity contribution in [3.63, 3.8) is 0 Å². The summed E-state index contributed by atoms with van der Waals surface area (Å²) in [7, 11) is -4.03. The van der Waals surface area contributed by atoms with E-state index in [0.29, 0.717) is 9.99 Å². The van der Waals surface area contributed by atoms with Gasteiger partial charge in [-0.15, -0.1) is 0 Å². The first-order valence-electron chi connectivity index (χ1n) is 7.79. The van der Waals surface area contributed by atoms with E-state index in [-0.39, 0.29) is 10.5 Å². The fourth-order valence-corrected chi connectivity index (χ4v) is 4.71. The summed E-state index contributed by atoms with van der Waals surface area (Å²) in [6, 6.07) is 10.3. The number of sulfonamides is 1. The first-order chi connectivity index (χ1) is 11.7. The molecule has 2 aromatic rings. The van der Waals surface area contributed by atoms with Crippen LogP contribution >= 0.6 is 0 Å². The molecule has 1 atom stereocenters. The number of nitrogens with zero attached hydrogens (tertiary/aromatic N) is 1. The molecule has 0 radical (unpaired) electrons. The Bertz CT molecular complexity index is 962. The second kappa shape index (κ2) is 6.00. The highest BCUT2D eigenvalue weighted by Gasteiger charge is 2.45. The summed E-state index contributed by atoms with van der Waals surface area (Å²) >= 11 is 0. The van der Waals surface area contributed by atoms with Crippen LogP contribution in [0.2, 0.25) is 0 Å². The number of fused-ring (bicyclic) bond motifs is 1. The zero-order valence-electron chi connectivity index (χ0n) is 14.1. The monoisotopic (exact) mass is 358 g/mol. The maximum absolute atomic E-state index is 12.6. The van der Waals surface area contributed by atoms with Crippen molar-refractivity contribution in [2.24, 2.45) is 0 Å². The summed E-state index contributed by atoms with van der Waals surface area (Å²) in [5, 5.41) is 2.69. The van der Waals surface area contributed by atoms with Gasteiger partial charge in [0.25, 0.3) is 15.9 Å². The van der Waals surface area contributed by atoms with E-state index in [0.717, 1.165) is 11.1 Å². The van der Waals surface area contributed by atoms with Gasteiger partial charge in [0.1, 0.15) is 10.9 Å². The summed E-state index contributed by atoms with van der Waals surface area (Å²) < 4.78 is 25.9. The zero-order chi connectivity index (χ0) is 18.4. The van der Waals surface area contributed by atoms with Gasteiger partial charge in [-0.05, 0) is 56.2 Å². The van der Waals surface area contributed by atoms with Crippen LogP contribution in [0.1, 0.15) is 28.4 Å². The van der Waals surface area contributed by atoms with E-state index in [1.807, 2.05) is 19.9 Å². The molecule has 6 nitrogen and oxygen atoms in total. The number of rotatable bonds is 3. The summed E-state index contributed by atoms with van der Waals surface area (Å²) in [5.74, 6) is -1.24. The summed E-state index contributed by atoms with van der Waals surface area (Å²) in [6.07, 6.45) is 0. The molecule has 1 heterocycles. The normalized spacial score (nSPS) is 16.4. The minimum absolute atomic E-state index is 0.0638. The lowest BCUT2D eigenvalue weighted by Gasteiger charge is -2.22. The Labute approximate surface area is 146 Å². The quantitative estimate of drug-likeness (QED) is 0.914. The van der Waals surface area contributed by atoms with E-state index in [9.17, 15) is 18.0 Å². The minimum Gasteiger partial charge on any atom is -0.324 e. The van der Waals surface area contributed by atoms with Crippen LogP contribution in [-0.2, 0) is 14.8 Å². The second-order valence-corrected chi connectivity index (χ2v) is 7.93. The summed E-state index contributed by atoms with van der Waals surface area (Å²) in [5.41, 5.74) is 2.60. The van der Waals surface area contributed by atoms with Crippen molar-refractivity contribution in [3.8, 4) is 0 Å². The Morgan fingerprint density at radius 3 is 2.28 bits per heavy atom. The number of amides is 2. The predicted octanol–water partition coefficient (Wildman–Crippen LogP) is 2.48. The maximum atomic E-state index is 12.6. The molecule has 0 aliphatic carbocycles. The average molecular weight is 358 g/mol. The first kappa shape index (κ1) is 17.2.